The fraction of sp³-hybridized carbons (Fsp3) is 0.800. The molecule has 2 N–H and O–H groups in total. The Hall–Kier alpha value is -1.31. The van der Waals surface area contributed by atoms with Crippen LogP contribution in [0.15, 0.2) is 0 Å². The Morgan fingerprint density at radius 3 is 2.56 bits per heavy atom. The summed E-state index contributed by atoms with van der Waals surface area (Å²) in [7, 11) is 0. The molecule has 1 aliphatic rings. The van der Waals surface area contributed by atoms with Crippen LogP contribution in [0.1, 0.15) is 13.3 Å². The lowest BCUT2D eigenvalue weighted by Crippen LogP contribution is -2.46. The molecule has 0 radical (unpaired) electrons. The SMILES string of the molecule is CC1CCN(CC(=O)NCC(F)(F)F)C1C(=O)O. The van der Waals surface area contributed by atoms with Crippen molar-refractivity contribution in [3.63, 3.8) is 0 Å². The van der Waals surface area contributed by atoms with Gasteiger partial charge in [0, 0.05) is 0 Å². The number of aliphatic carboxylic acids is 1. The number of carboxylic acid groups (broad SMARTS) is 1. The number of likely N-dealkylation sites (tertiary alicyclic amines) is 1. The largest absolute Gasteiger partial charge is 0.480 e. The normalized spacial score (nSPS) is 25.1. The van der Waals surface area contributed by atoms with E-state index in [1.165, 1.54) is 4.90 Å². The predicted octanol–water partition coefficient (Wildman–Crippen LogP) is 0.460. The van der Waals surface area contributed by atoms with Crippen molar-refractivity contribution in [3.8, 4) is 0 Å². The van der Waals surface area contributed by atoms with Gasteiger partial charge in [0.1, 0.15) is 12.6 Å². The zero-order chi connectivity index (χ0) is 13.9. The summed E-state index contributed by atoms with van der Waals surface area (Å²) >= 11 is 0. The van der Waals surface area contributed by atoms with Crippen molar-refractivity contribution in [2.24, 2.45) is 5.92 Å². The van der Waals surface area contributed by atoms with Crippen molar-refractivity contribution >= 4 is 11.9 Å². The molecule has 18 heavy (non-hydrogen) atoms. The number of nitrogens with zero attached hydrogens (tertiary/aromatic N) is 1. The third-order valence-electron chi connectivity index (χ3n) is 2.89. The highest BCUT2D eigenvalue weighted by atomic mass is 19.4. The van der Waals surface area contributed by atoms with Gasteiger partial charge >= 0.3 is 12.1 Å². The van der Waals surface area contributed by atoms with E-state index in [1.54, 1.807) is 12.2 Å². The first kappa shape index (κ1) is 14.7. The predicted molar refractivity (Wildman–Crippen MR) is 55.8 cm³/mol. The maximum absolute atomic E-state index is 11.9. The van der Waals surface area contributed by atoms with Crippen LogP contribution in [0.5, 0.6) is 0 Å². The van der Waals surface area contributed by atoms with Crippen LogP contribution in [-0.2, 0) is 9.59 Å². The van der Waals surface area contributed by atoms with E-state index in [1.807, 2.05) is 0 Å². The highest BCUT2D eigenvalue weighted by Gasteiger charge is 2.37. The first-order valence-corrected chi connectivity index (χ1v) is 5.51. The molecule has 0 bridgehead atoms. The number of carboxylic acids is 1. The van der Waals surface area contributed by atoms with Crippen LogP contribution in [0.3, 0.4) is 0 Å². The molecule has 1 aliphatic heterocycles. The maximum Gasteiger partial charge on any atom is 0.405 e. The van der Waals surface area contributed by atoms with Gasteiger partial charge in [-0.25, -0.2) is 0 Å². The van der Waals surface area contributed by atoms with E-state index in [2.05, 4.69) is 0 Å². The zero-order valence-electron chi connectivity index (χ0n) is 9.83. The van der Waals surface area contributed by atoms with Crippen molar-refractivity contribution in [3.05, 3.63) is 0 Å². The first-order valence-electron chi connectivity index (χ1n) is 5.51. The fourth-order valence-corrected chi connectivity index (χ4v) is 2.04. The number of alkyl halides is 3. The second-order valence-corrected chi connectivity index (χ2v) is 4.41. The van der Waals surface area contributed by atoms with E-state index >= 15 is 0 Å². The lowest BCUT2D eigenvalue weighted by Gasteiger charge is -2.22. The minimum atomic E-state index is -4.46. The summed E-state index contributed by atoms with van der Waals surface area (Å²) in [5.41, 5.74) is 0. The van der Waals surface area contributed by atoms with E-state index in [4.69, 9.17) is 5.11 Å². The molecule has 0 saturated carbocycles. The number of hydrogen-bond acceptors (Lipinski definition) is 3. The Balaban J connectivity index is 2.47. The van der Waals surface area contributed by atoms with Crippen molar-refractivity contribution in [2.45, 2.75) is 25.6 Å². The molecule has 1 fully saturated rings. The molecule has 104 valence electrons. The molecule has 0 spiro atoms. The zero-order valence-corrected chi connectivity index (χ0v) is 9.83. The highest BCUT2D eigenvalue weighted by molar-refractivity contribution is 5.80. The Bertz CT molecular complexity index is 333. The van der Waals surface area contributed by atoms with Gasteiger partial charge < -0.3 is 10.4 Å². The lowest BCUT2D eigenvalue weighted by molar-refractivity contribution is -0.145. The second-order valence-electron chi connectivity index (χ2n) is 4.41. The molecule has 8 heteroatoms. The van der Waals surface area contributed by atoms with Crippen LogP contribution < -0.4 is 5.32 Å². The molecule has 2 unspecified atom stereocenters. The van der Waals surface area contributed by atoms with Gasteiger partial charge in [0.25, 0.3) is 0 Å². The summed E-state index contributed by atoms with van der Waals surface area (Å²) in [6.07, 6.45) is -3.84. The molecule has 5 nitrogen and oxygen atoms in total. The van der Waals surface area contributed by atoms with E-state index in [9.17, 15) is 22.8 Å². The molecular formula is C10H15F3N2O3. The minimum absolute atomic E-state index is 0.113. The van der Waals surface area contributed by atoms with Crippen LogP contribution in [0.4, 0.5) is 13.2 Å². The van der Waals surface area contributed by atoms with Crippen molar-refractivity contribution < 1.29 is 27.9 Å². The van der Waals surface area contributed by atoms with Gasteiger partial charge in [-0.15, -0.1) is 0 Å². The molecule has 0 aromatic heterocycles. The summed E-state index contributed by atoms with van der Waals surface area (Å²) in [5.74, 6) is -1.98. The second kappa shape index (κ2) is 5.55. The fourth-order valence-electron chi connectivity index (χ4n) is 2.04. The van der Waals surface area contributed by atoms with Crippen LogP contribution in [0.2, 0.25) is 0 Å². The van der Waals surface area contributed by atoms with Gasteiger partial charge in [-0.3, -0.25) is 14.5 Å². The molecule has 1 rings (SSSR count). The highest BCUT2D eigenvalue weighted by Crippen LogP contribution is 2.23. The van der Waals surface area contributed by atoms with Gasteiger partial charge in [-0.2, -0.15) is 13.2 Å². The smallest absolute Gasteiger partial charge is 0.405 e. The van der Waals surface area contributed by atoms with Gasteiger partial charge in [0.2, 0.25) is 5.91 Å². The van der Waals surface area contributed by atoms with Crippen LogP contribution in [-0.4, -0.2) is 53.7 Å². The summed E-state index contributed by atoms with van der Waals surface area (Å²) in [6.45, 7) is 0.425. The molecule has 1 amide bonds. The van der Waals surface area contributed by atoms with Crippen LogP contribution >= 0.6 is 0 Å². The molecule has 0 aliphatic carbocycles. The molecule has 1 saturated heterocycles. The number of nitrogens with one attached hydrogen (secondary N) is 1. The van der Waals surface area contributed by atoms with Crippen LogP contribution in [0, 0.1) is 5.92 Å². The third-order valence-corrected chi connectivity index (χ3v) is 2.89. The number of carbonyl (C=O) groups is 2. The quantitative estimate of drug-likeness (QED) is 0.777. The van der Waals surface area contributed by atoms with Crippen LogP contribution in [0.25, 0.3) is 0 Å². The summed E-state index contributed by atoms with van der Waals surface area (Å²) < 4.78 is 35.6. The third kappa shape index (κ3) is 4.17. The summed E-state index contributed by atoms with van der Waals surface area (Å²) in [5, 5.41) is 10.7. The maximum atomic E-state index is 11.9. The average Bonchev–Trinajstić information content (AvgIpc) is 2.55. The number of hydrogen-bond donors (Lipinski definition) is 2. The first-order chi connectivity index (χ1) is 8.20. The van der Waals surface area contributed by atoms with E-state index < -0.39 is 30.6 Å². The van der Waals surface area contributed by atoms with E-state index in [0.29, 0.717) is 13.0 Å². The van der Waals surface area contributed by atoms with Crippen molar-refractivity contribution in [1.82, 2.24) is 10.2 Å². The van der Waals surface area contributed by atoms with Crippen molar-refractivity contribution in [1.29, 1.82) is 0 Å². The topological polar surface area (TPSA) is 69.6 Å². The Labute approximate surface area is 102 Å². The standard InChI is InChI=1S/C10H15F3N2O3/c1-6-2-3-15(8(6)9(17)18)4-7(16)14-5-10(11,12)13/h6,8H,2-5H2,1H3,(H,14,16)(H,17,18). The molecule has 0 aromatic rings. The summed E-state index contributed by atoms with van der Waals surface area (Å²) in [4.78, 5) is 23.6. The minimum Gasteiger partial charge on any atom is -0.480 e. The molecule has 2 atom stereocenters. The van der Waals surface area contributed by atoms with Gasteiger partial charge in [0.15, 0.2) is 0 Å². The summed E-state index contributed by atoms with van der Waals surface area (Å²) in [6, 6.07) is -0.804. The van der Waals surface area contributed by atoms with E-state index in [-0.39, 0.29) is 12.5 Å². The number of halogens is 3. The van der Waals surface area contributed by atoms with E-state index in [0.717, 1.165) is 0 Å². The van der Waals surface area contributed by atoms with Gasteiger partial charge in [-0.05, 0) is 18.9 Å². The van der Waals surface area contributed by atoms with Gasteiger partial charge in [-0.1, -0.05) is 6.92 Å². The lowest BCUT2D eigenvalue weighted by atomic mass is 10.0. The molecular weight excluding hydrogens is 253 g/mol. The number of rotatable bonds is 4. The Kier molecular flexibility index (Phi) is 4.55. The molecule has 0 aromatic carbocycles. The Morgan fingerprint density at radius 1 is 1.44 bits per heavy atom. The van der Waals surface area contributed by atoms with Crippen molar-refractivity contribution in [2.75, 3.05) is 19.6 Å². The Morgan fingerprint density at radius 2 is 2.06 bits per heavy atom. The average molecular weight is 268 g/mol. The molecule has 1 heterocycles. The number of carbonyl (C=O) groups excluding carboxylic acids is 1. The monoisotopic (exact) mass is 268 g/mol. The van der Waals surface area contributed by atoms with Gasteiger partial charge in [0.05, 0.1) is 6.54 Å². The number of amides is 1.